The Morgan fingerprint density at radius 3 is 2.05 bits per heavy atom. The van der Waals surface area contributed by atoms with E-state index < -0.39 is 18.4 Å². The predicted octanol–water partition coefficient (Wildman–Crippen LogP) is 6.09. The summed E-state index contributed by atoms with van der Waals surface area (Å²) in [6.07, 6.45) is 13.9. The van der Waals surface area contributed by atoms with E-state index in [1.807, 2.05) is 0 Å². The number of hydrogen-bond donors (Lipinski definition) is 0. The van der Waals surface area contributed by atoms with Crippen molar-refractivity contribution in [1.82, 2.24) is 0 Å². The summed E-state index contributed by atoms with van der Waals surface area (Å²) >= 11 is -2.26. The van der Waals surface area contributed by atoms with Crippen LogP contribution in [-0.2, 0) is 4.74 Å². The normalized spacial score (nSPS) is 27.0. The van der Waals surface area contributed by atoms with Crippen LogP contribution in [0.4, 0.5) is 0 Å². The van der Waals surface area contributed by atoms with Gasteiger partial charge >= 0.3 is 143 Å². The first-order valence-electron chi connectivity index (χ1n) is 9.92. The van der Waals surface area contributed by atoms with Gasteiger partial charge in [-0.3, -0.25) is 0 Å². The predicted molar refractivity (Wildman–Crippen MR) is 98.7 cm³/mol. The molecule has 126 valence electrons. The Balaban J connectivity index is 2.10. The van der Waals surface area contributed by atoms with Crippen LogP contribution in [0, 0.1) is 9.86 Å². The molecule has 1 heterocycles. The molecular formula is C20H36OSn. The van der Waals surface area contributed by atoms with Crippen molar-refractivity contribution in [2.75, 3.05) is 0 Å². The summed E-state index contributed by atoms with van der Waals surface area (Å²) in [7, 11) is 0. The van der Waals surface area contributed by atoms with Crippen molar-refractivity contribution >= 4 is 18.4 Å². The molecule has 2 heteroatoms. The summed E-state index contributed by atoms with van der Waals surface area (Å²) < 4.78 is 14.6. The summed E-state index contributed by atoms with van der Waals surface area (Å²) in [4.78, 5) is 0. The first-order chi connectivity index (χ1) is 10.7. The molecule has 0 bridgehead atoms. The molecule has 22 heavy (non-hydrogen) atoms. The fraction of sp³-hybridized carbons (Fsp3) is 0.900. The molecule has 0 N–H and O–H groups in total. The number of rotatable bonds is 9. The van der Waals surface area contributed by atoms with E-state index in [1.165, 1.54) is 77.5 Å². The second-order valence-electron chi connectivity index (χ2n) is 7.58. The fourth-order valence-electron chi connectivity index (χ4n) is 3.97. The Hall–Kier alpha value is 0.319. The zero-order valence-corrected chi connectivity index (χ0v) is 18.0. The average molecular weight is 411 g/mol. The maximum atomic E-state index is 6.03. The second-order valence-corrected chi connectivity index (χ2v) is 19.9. The van der Waals surface area contributed by atoms with E-state index in [1.54, 1.807) is 0 Å². The van der Waals surface area contributed by atoms with Gasteiger partial charge < -0.3 is 0 Å². The van der Waals surface area contributed by atoms with Gasteiger partial charge in [-0.1, -0.05) is 0 Å². The molecule has 2 rings (SSSR count). The molecule has 1 aliphatic heterocycles. The van der Waals surface area contributed by atoms with Crippen molar-refractivity contribution in [2.24, 2.45) is 0 Å². The van der Waals surface area contributed by atoms with Gasteiger partial charge in [-0.05, 0) is 0 Å². The van der Waals surface area contributed by atoms with Crippen molar-refractivity contribution < 1.29 is 4.74 Å². The third kappa shape index (κ3) is 4.91. The van der Waals surface area contributed by atoms with Crippen LogP contribution in [0.1, 0.15) is 85.0 Å². The second kappa shape index (κ2) is 8.97. The van der Waals surface area contributed by atoms with E-state index in [9.17, 15) is 0 Å². The number of fused-ring (bicyclic) bond motifs is 1. The first-order valence-corrected chi connectivity index (χ1v) is 17.4. The van der Waals surface area contributed by atoms with E-state index in [0.29, 0.717) is 6.10 Å². The summed E-state index contributed by atoms with van der Waals surface area (Å²) in [5.74, 6) is 3.76. The molecular weight excluding hydrogens is 375 g/mol. The molecule has 0 spiro atoms. The van der Waals surface area contributed by atoms with E-state index in [4.69, 9.17) is 4.74 Å². The van der Waals surface area contributed by atoms with Crippen LogP contribution < -0.4 is 0 Å². The zero-order chi connectivity index (χ0) is 15.9. The summed E-state index contributed by atoms with van der Waals surface area (Å²) in [5.41, 5.74) is 0.0328. The van der Waals surface area contributed by atoms with Crippen LogP contribution in [0.3, 0.4) is 0 Å². The van der Waals surface area contributed by atoms with Gasteiger partial charge in [0, 0.05) is 0 Å². The van der Waals surface area contributed by atoms with Crippen LogP contribution in [0.5, 0.6) is 0 Å². The topological polar surface area (TPSA) is 12.5 Å². The maximum absolute atomic E-state index is 6.03. The quantitative estimate of drug-likeness (QED) is 0.254. The van der Waals surface area contributed by atoms with Gasteiger partial charge in [0.25, 0.3) is 0 Å². The van der Waals surface area contributed by atoms with E-state index in [2.05, 4.69) is 30.6 Å². The van der Waals surface area contributed by atoms with Gasteiger partial charge in [-0.25, -0.2) is 0 Å². The van der Waals surface area contributed by atoms with Gasteiger partial charge in [0.05, 0.1) is 0 Å². The molecule has 1 nitrogen and oxygen atoms in total. The number of ether oxygens (including phenoxy) is 1. The Kier molecular flexibility index (Phi) is 7.61. The first kappa shape index (κ1) is 18.7. The zero-order valence-electron chi connectivity index (χ0n) is 15.2. The van der Waals surface area contributed by atoms with Crippen LogP contribution >= 0.6 is 0 Å². The molecule has 2 atom stereocenters. The molecule has 0 aromatic rings. The van der Waals surface area contributed by atoms with Crippen LogP contribution in [0.15, 0.2) is 0 Å². The van der Waals surface area contributed by atoms with Crippen LogP contribution in [-0.4, -0.2) is 30.1 Å². The van der Waals surface area contributed by atoms with E-state index in [0.717, 1.165) is 0 Å². The van der Waals surface area contributed by atoms with Gasteiger partial charge in [0.1, 0.15) is 0 Å². The Morgan fingerprint density at radius 2 is 1.55 bits per heavy atom. The summed E-state index contributed by atoms with van der Waals surface area (Å²) in [5, 5.41) is 0. The number of unbranched alkanes of at least 4 members (excludes halogenated alkanes) is 3. The van der Waals surface area contributed by atoms with Gasteiger partial charge in [-0.2, -0.15) is 0 Å². The Labute approximate surface area is 142 Å². The minimum atomic E-state index is -2.26. The Morgan fingerprint density at radius 1 is 0.955 bits per heavy atom. The van der Waals surface area contributed by atoms with Crippen LogP contribution in [0.2, 0.25) is 13.3 Å². The summed E-state index contributed by atoms with van der Waals surface area (Å²) in [6, 6.07) is 0. The number of epoxide rings is 1. The van der Waals surface area contributed by atoms with Gasteiger partial charge in [-0.15, -0.1) is 0 Å². The third-order valence-electron chi connectivity index (χ3n) is 5.65. The number of hydrogen-bond acceptors (Lipinski definition) is 1. The molecule has 1 aliphatic carbocycles. The van der Waals surface area contributed by atoms with Crippen LogP contribution in [0.25, 0.3) is 0 Å². The molecule has 0 aromatic heterocycles. The third-order valence-corrected chi connectivity index (χ3v) is 18.7. The van der Waals surface area contributed by atoms with Crippen molar-refractivity contribution in [3.05, 3.63) is 0 Å². The van der Waals surface area contributed by atoms with E-state index >= 15 is 0 Å². The summed E-state index contributed by atoms with van der Waals surface area (Å²) in [6.45, 7) is 7.01. The monoisotopic (exact) mass is 412 g/mol. The van der Waals surface area contributed by atoms with E-state index in [-0.39, 0.29) is 5.60 Å². The molecule has 2 aliphatic rings. The standard InChI is InChI=1S/C8H9O.3C4H9.Sn/c1-2-8-6-4-3-5-7(8)9-8;3*1-3-4-2;/h7H,3-6H2;3*1,3-4H2,2H3;/t7-,8-;;;;/m0..../s1. The molecule has 0 amide bonds. The van der Waals surface area contributed by atoms with Gasteiger partial charge in [0.2, 0.25) is 0 Å². The van der Waals surface area contributed by atoms with Crippen molar-refractivity contribution in [2.45, 2.75) is 110 Å². The average Bonchev–Trinajstić information content (AvgIpc) is 3.28. The fourth-order valence-corrected chi connectivity index (χ4v) is 17.4. The molecule has 2 fully saturated rings. The molecule has 0 radical (unpaired) electrons. The molecule has 0 unspecified atom stereocenters. The van der Waals surface area contributed by atoms with Crippen molar-refractivity contribution in [3.63, 3.8) is 0 Å². The molecule has 1 saturated heterocycles. The van der Waals surface area contributed by atoms with Crippen molar-refractivity contribution in [1.29, 1.82) is 0 Å². The molecule has 1 saturated carbocycles. The SMILES string of the molecule is CCC[CH2][Sn]([C]#C[C@]12CCCC[C@@H]1O2)([CH2]CCC)[CH2]CCC. The van der Waals surface area contributed by atoms with Crippen molar-refractivity contribution in [3.8, 4) is 9.86 Å². The molecule has 0 aromatic carbocycles. The minimum absolute atomic E-state index is 0.0328. The Bertz CT molecular complexity index is 372. The van der Waals surface area contributed by atoms with Gasteiger partial charge in [0.15, 0.2) is 0 Å².